The molecule has 1 unspecified atom stereocenters. The Morgan fingerprint density at radius 2 is 1.40 bits per heavy atom. The number of halogens is 1. The minimum atomic E-state index is 0.359. The molecule has 0 aromatic rings. The Labute approximate surface area is 71.0 Å². The van der Waals surface area contributed by atoms with Crippen molar-refractivity contribution >= 4 is 11.6 Å². The van der Waals surface area contributed by atoms with Gasteiger partial charge in [0.25, 0.3) is 0 Å². The second-order valence-corrected chi connectivity index (χ2v) is 3.50. The lowest BCUT2D eigenvalue weighted by Crippen LogP contribution is -1.94. The average Bonchev–Trinajstić information content (AvgIpc) is 1.89. The van der Waals surface area contributed by atoms with E-state index in [1.807, 2.05) is 20.8 Å². The molecular formula is C9H21Cl. The molecule has 1 atom stereocenters. The normalized spacial score (nSPS) is 12.3. The molecule has 0 bridgehead atoms. The smallest absolute Gasteiger partial charge is 0.0307 e. The zero-order valence-electron chi connectivity index (χ0n) is 7.95. The summed E-state index contributed by atoms with van der Waals surface area (Å²) >= 11 is 5.72. The molecule has 0 aromatic heterocycles. The van der Waals surface area contributed by atoms with Gasteiger partial charge < -0.3 is 0 Å². The predicted molar refractivity (Wildman–Crippen MR) is 50.7 cm³/mol. The van der Waals surface area contributed by atoms with Crippen LogP contribution in [0, 0.1) is 5.92 Å². The zero-order chi connectivity index (χ0) is 8.57. The van der Waals surface area contributed by atoms with Gasteiger partial charge in [-0.05, 0) is 25.7 Å². The molecule has 0 radical (unpaired) electrons. The van der Waals surface area contributed by atoms with Gasteiger partial charge in [-0.2, -0.15) is 0 Å². The summed E-state index contributed by atoms with van der Waals surface area (Å²) in [5.74, 6) is 0.802. The fourth-order valence-electron chi connectivity index (χ4n) is 0.563. The maximum atomic E-state index is 5.72. The topological polar surface area (TPSA) is 0 Å². The summed E-state index contributed by atoms with van der Waals surface area (Å²) < 4.78 is 0. The Morgan fingerprint density at radius 1 is 1.00 bits per heavy atom. The van der Waals surface area contributed by atoms with Gasteiger partial charge in [-0.15, -0.1) is 11.6 Å². The van der Waals surface area contributed by atoms with Crippen molar-refractivity contribution in [2.75, 3.05) is 0 Å². The second-order valence-electron chi connectivity index (χ2n) is 2.75. The molecular weight excluding hydrogens is 144 g/mol. The summed E-state index contributed by atoms with van der Waals surface area (Å²) in [5.41, 5.74) is 0. The van der Waals surface area contributed by atoms with Crippen LogP contribution in [0.4, 0.5) is 0 Å². The first-order valence-electron chi connectivity index (χ1n) is 4.27. The molecule has 0 heterocycles. The molecule has 10 heavy (non-hydrogen) atoms. The van der Waals surface area contributed by atoms with Crippen LogP contribution >= 0.6 is 11.6 Å². The van der Waals surface area contributed by atoms with Crippen LogP contribution < -0.4 is 0 Å². The Balaban J connectivity index is 0. The Morgan fingerprint density at radius 3 is 1.50 bits per heavy atom. The van der Waals surface area contributed by atoms with Gasteiger partial charge in [-0.25, -0.2) is 0 Å². The van der Waals surface area contributed by atoms with Gasteiger partial charge in [-0.3, -0.25) is 0 Å². The molecule has 0 nitrogen and oxygen atoms in total. The van der Waals surface area contributed by atoms with Crippen molar-refractivity contribution in [3.8, 4) is 0 Å². The summed E-state index contributed by atoms with van der Waals surface area (Å²) in [6.45, 7) is 10.5. The van der Waals surface area contributed by atoms with Gasteiger partial charge in [0, 0.05) is 5.38 Å². The summed E-state index contributed by atoms with van der Waals surface area (Å²) in [5, 5.41) is 0.359. The number of hydrogen-bond acceptors (Lipinski definition) is 0. The fourth-order valence-corrected chi connectivity index (χ4v) is 0.689. The van der Waals surface area contributed by atoms with E-state index in [2.05, 4.69) is 13.8 Å². The van der Waals surface area contributed by atoms with Crippen molar-refractivity contribution in [2.24, 2.45) is 5.92 Å². The highest BCUT2D eigenvalue weighted by atomic mass is 35.5. The first-order chi connectivity index (χ1) is 4.63. The van der Waals surface area contributed by atoms with Crippen molar-refractivity contribution in [1.82, 2.24) is 0 Å². The Kier molecular flexibility index (Phi) is 12.0. The van der Waals surface area contributed by atoms with Crippen LogP contribution in [-0.4, -0.2) is 5.38 Å². The molecule has 0 saturated heterocycles. The zero-order valence-corrected chi connectivity index (χ0v) is 8.70. The third-order valence-corrected chi connectivity index (χ3v) is 1.36. The first kappa shape index (κ1) is 12.9. The lowest BCUT2D eigenvalue weighted by atomic mass is 10.1. The molecule has 0 N–H and O–H groups in total. The third-order valence-electron chi connectivity index (χ3n) is 1.14. The standard InChI is InChI=1S/C7H15Cl.C2H6/c1-6(2)4-5-7(3)8;1-2/h6-7H,4-5H2,1-3H3;1-2H3. The SMILES string of the molecule is CC.CC(C)CCC(C)Cl. The summed E-state index contributed by atoms with van der Waals surface area (Å²) in [7, 11) is 0. The molecule has 0 saturated carbocycles. The maximum absolute atomic E-state index is 5.72. The highest BCUT2D eigenvalue weighted by molar-refractivity contribution is 6.20. The highest BCUT2D eigenvalue weighted by Crippen LogP contribution is 2.09. The fraction of sp³-hybridized carbons (Fsp3) is 1.00. The molecule has 0 aliphatic rings. The van der Waals surface area contributed by atoms with Gasteiger partial charge in [-0.1, -0.05) is 27.7 Å². The van der Waals surface area contributed by atoms with Crippen LogP contribution in [-0.2, 0) is 0 Å². The molecule has 0 aromatic carbocycles. The summed E-state index contributed by atoms with van der Waals surface area (Å²) in [4.78, 5) is 0. The Bertz CT molecular complexity index is 40.7. The van der Waals surface area contributed by atoms with Crippen LogP contribution in [0.15, 0.2) is 0 Å². The van der Waals surface area contributed by atoms with E-state index in [-0.39, 0.29) is 0 Å². The maximum Gasteiger partial charge on any atom is 0.0307 e. The van der Waals surface area contributed by atoms with Crippen molar-refractivity contribution in [2.45, 2.75) is 52.8 Å². The van der Waals surface area contributed by atoms with Crippen molar-refractivity contribution in [3.05, 3.63) is 0 Å². The van der Waals surface area contributed by atoms with Gasteiger partial charge in [0.15, 0.2) is 0 Å². The van der Waals surface area contributed by atoms with Gasteiger partial charge in [0.1, 0.15) is 0 Å². The Hall–Kier alpha value is 0.290. The molecule has 0 rings (SSSR count). The van der Waals surface area contributed by atoms with Crippen LogP contribution in [0.2, 0.25) is 0 Å². The third kappa shape index (κ3) is 15.7. The molecule has 0 aliphatic carbocycles. The van der Waals surface area contributed by atoms with E-state index in [4.69, 9.17) is 11.6 Å². The second kappa shape index (κ2) is 9.29. The van der Waals surface area contributed by atoms with Crippen molar-refractivity contribution < 1.29 is 0 Å². The average molecular weight is 165 g/mol. The van der Waals surface area contributed by atoms with E-state index in [0.29, 0.717) is 5.38 Å². The van der Waals surface area contributed by atoms with Gasteiger partial charge >= 0.3 is 0 Å². The number of rotatable bonds is 3. The van der Waals surface area contributed by atoms with Crippen molar-refractivity contribution in [1.29, 1.82) is 0 Å². The summed E-state index contributed by atoms with van der Waals surface area (Å²) in [6.07, 6.45) is 2.41. The largest absolute Gasteiger partial charge is 0.123 e. The predicted octanol–water partition coefficient (Wildman–Crippen LogP) is 4.08. The number of alkyl halides is 1. The quantitative estimate of drug-likeness (QED) is 0.552. The summed E-state index contributed by atoms with van der Waals surface area (Å²) in [6, 6.07) is 0. The minimum Gasteiger partial charge on any atom is -0.123 e. The molecule has 1 heteroatoms. The molecule has 0 spiro atoms. The highest BCUT2D eigenvalue weighted by Gasteiger charge is 1.97. The van der Waals surface area contributed by atoms with E-state index in [1.165, 1.54) is 6.42 Å². The van der Waals surface area contributed by atoms with E-state index < -0.39 is 0 Å². The monoisotopic (exact) mass is 164 g/mol. The van der Waals surface area contributed by atoms with Crippen molar-refractivity contribution in [3.63, 3.8) is 0 Å². The van der Waals surface area contributed by atoms with E-state index in [1.54, 1.807) is 0 Å². The van der Waals surface area contributed by atoms with Crippen LogP contribution in [0.5, 0.6) is 0 Å². The van der Waals surface area contributed by atoms with Gasteiger partial charge in [0.2, 0.25) is 0 Å². The number of hydrogen-bond donors (Lipinski definition) is 0. The first-order valence-corrected chi connectivity index (χ1v) is 4.70. The molecule has 64 valence electrons. The van der Waals surface area contributed by atoms with Crippen LogP contribution in [0.25, 0.3) is 0 Å². The lowest BCUT2D eigenvalue weighted by molar-refractivity contribution is 0.552. The lowest BCUT2D eigenvalue weighted by Gasteiger charge is -2.04. The van der Waals surface area contributed by atoms with E-state index in [9.17, 15) is 0 Å². The molecule has 0 amide bonds. The molecule has 0 fully saturated rings. The minimum absolute atomic E-state index is 0.359. The van der Waals surface area contributed by atoms with Crippen LogP contribution in [0.3, 0.4) is 0 Å². The van der Waals surface area contributed by atoms with Gasteiger partial charge in [0.05, 0.1) is 0 Å². The van der Waals surface area contributed by atoms with E-state index >= 15 is 0 Å². The van der Waals surface area contributed by atoms with Crippen LogP contribution in [0.1, 0.15) is 47.5 Å². The van der Waals surface area contributed by atoms with E-state index in [0.717, 1.165) is 12.3 Å². The molecule has 0 aliphatic heterocycles.